The molecule has 2 heterocycles. The van der Waals surface area contributed by atoms with E-state index in [1.807, 2.05) is 23.5 Å². The van der Waals surface area contributed by atoms with Crippen molar-refractivity contribution in [2.75, 3.05) is 4.90 Å². The normalized spacial score (nSPS) is 11.7. The molecule has 0 saturated heterocycles. The Hall–Kier alpha value is -6.16. The number of furan rings is 1. The Bertz CT molecular complexity index is 2840. The summed E-state index contributed by atoms with van der Waals surface area (Å²) < 4.78 is 8.86. The van der Waals surface area contributed by atoms with Crippen LogP contribution in [0.15, 0.2) is 180 Å². The summed E-state index contributed by atoms with van der Waals surface area (Å²) in [5.74, 6) is 0. The van der Waals surface area contributed by atoms with E-state index in [9.17, 15) is 0 Å². The van der Waals surface area contributed by atoms with Gasteiger partial charge in [0.1, 0.15) is 11.2 Å². The molecule has 0 aliphatic carbocycles. The lowest BCUT2D eigenvalue weighted by molar-refractivity contribution is 0.669. The van der Waals surface area contributed by atoms with Crippen LogP contribution in [0.25, 0.3) is 75.1 Å². The van der Waals surface area contributed by atoms with Crippen LogP contribution in [0.5, 0.6) is 0 Å². The van der Waals surface area contributed by atoms with E-state index in [1.165, 1.54) is 53.2 Å². The fourth-order valence-electron chi connectivity index (χ4n) is 7.35. The summed E-state index contributed by atoms with van der Waals surface area (Å²) in [6.45, 7) is 0. The molecule has 10 aromatic rings. The Labute approximate surface area is 287 Å². The molecule has 0 fully saturated rings. The number of para-hydroxylation sites is 2. The molecule has 0 radical (unpaired) electrons. The van der Waals surface area contributed by atoms with Gasteiger partial charge in [0.2, 0.25) is 0 Å². The minimum atomic E-state index is 0.888. The SMILES string of the molecule is c1ccc(N(c2ccc(-c3cccc4ccccc34)cc2)c2ccc3oc4ccccc4c3c2)c(-c2ccc3sc4ccccc4c3c2)c1. The molecule has 0 aliphatic rings. The number of fused-ring (bicyclic) bond motifs is 7. The molecule has 10 rings (SSSR count). The largest absolute Gasteiger partial charge is 0.456 e. The van der Waals surface area contributed by atoms with Crippen LogP contribution < -0.4 is 4.90 Å². The number of hydrogen-bond donors (Lipinski definition) is 0. The Balaban J connectivity index is 1.17. The van der Waals surface area contributed by atoms with Crippen molar-refractivity contribution in [3.05, 3.63) is 176 Å². The molecule has 0 bridgehead atoms. The van der Waals surface area contributed by atoms with Crippen LogP contribution in [-0.2, 0) is 0 Å². The first-order valence-corrected chi connectivity index (χ1v) is 17.4. The second-order valence-electron chi connectivity index (χ2n) is 12.5. The van der Waals surface area contributed by atoms with Crippen molar-refractivity contribution in [2.24, 2.45) is 0 Å². The van der Waals surface area contributed by atoms with Crippen molar-refractivity contribution in [1.82, 2.24) is 0 Å². The van der Waals surface area contributed by atoms with E-state index in [0.29, 0.717) is 0 Å². The van der Waals surface area contributed by atoms with E-state index in [1.54, 1.807) is 0 Å². The maximum absolute atomic E-state index is 6.24. The molecule has 0 atom stereocenters. The van der Waals surface area contributed by atoms with Crippen molar-refractivity contribution in [3.8, 4) is 22.3 Å². The molecule has 0 amide bonds. The number of nitrogens with zero attached hydrogens (tertiary/aromatic N) is 1. The van der Waals surface area contributed by atoms with Crippen LogP contribution >= 0.6 is 11.3 Å². The van der Waals surface area contributed by atoms with Gasteiger partial charge in [-0.2, -0.15) is 0 Å². The topological polar surface area (TPSA) is 16.4 Å². The summed E-state index contributed by atoms with van der Waals surface area (Å²) in [5, 5.41) is 7.33. The van der Waals surface area contributed by atoms with Gasteiger partial charge in [-0.15, -0.1) is 11.3 Å². The molecule has 2 nitrogen and oxygen atoms in total. The van der Waals surface area contributed by atoms with Gasteiger partial charge in [0.25, 0.3) is 0 Å². The Morgan fingerprint density at radius 3 is 1.96 bits per heavy atom. The molecule has 2 aromatic heterocycles. The second kappa shape index (κ2) is 11.2. The lowest BCUT2D eigenvalue weighted by atomic mass is 9.97. The summed E-state index contributed by atoms with van der Waals surface area (Å²) >= 11 is 1.85. The Morgan fingerprint density at radius 2 is 1.04 bits per heavy atom. The van der Waals surface area contributed by atoms with Crippen LogP contribution in [0.3, 0.4) is 0 Å². The van der Waals surface area contributed by atoms with E-state index in [4.69, 9.17) is 4.42 Å². The van der Waals surface area contributed by atoms with E-state index >= 15 is 0 Å². The van der Waals surface area contributed by atoms with Crippen molar-refractivity contribution in [3.63, 3.8) is 0 Å². The minimum absolute atomic E-state index is 0.888. The summed E-state index contributed by atoms with van der Waals surface area (Å²) in [7, 11) is 0. The maximum Gasteiger partial charge on any atom is 0.135 e. The summed E-state index contributed by atoms with van der Waals surface area (Å²) in [6.07, 6.45) is 0. The molecule has 3 heteroatoms. The van der Waals surface area contributed by atoms with Gasteiger partial charge in [-0.05, 0) is 88.1 Å². The Kier molecular flexibility index (Phi) is 6.39. The standard InChI is InChI=1S/C46H29NOS/c1-2-12-35-30(10-1)11-9-16-36(35)31-20-23-33(24-21-31)47(34-25-26-44-40(29-34)38-14-4-7-18-43(38)48-44)42-17-6-3-13-37(42)32-22-27-46-41(28-32)39-15-5-8-19-45(39)49-46/h1-29H. The van der Waals surface area contributed by atoms with E-state index in [2.05, 4.69) is 169 Å². The van der Waals surface area contributed by atoms with E-state index < -0.39 is 0 Å². The summed E-state index contributed by atoms with van der Waals surface area (Å²) in [6, 6.07) is 63.4. The smallest absolute Gasteiger partial charge is 0.135 e. The van der Waals surface area contributed by atoms with Crippen molar-refractivity contribution in [1.29, 1.82) is 0 Å². The molecule has 0 N–H and O–H groups in total. The van der Waals surface area contributed by atoms with Crippen LogP contribution in [0.2, 0.25) is 0 Å². The molecule has 230 valence electrons. The van der Waals surface area contributed by atoms with Gasteiger partial charge in [-0.1, -0.05) is 115 Å². The van der Waals surface area contributed by atoms with Gasteiger partial charge < -0.3 is 9.32 Å². The highest BCUT2D eigenvalue weighted by atomic mass is 32.1. The lowest BCUT2D eigenvalue weighted by Gasteiger charge is -2.28. The fourth-order valence-corrected chi connectivity index (χ4v) is 8.44. The van der Waals surface area contributed by atoms with Gasteiger partial charge in [-0.3, -0.25) is 0 Å². The third-order valence-corrected chi connectivity index (χ3v) is 10.8. The first kappa shape index (κ1) is 27.9. The van der Waals surface area contributed by atoms with E-state index in [0.717, 1.165) is 39.0 Å². The van der Waals surface area contributed by atoms with Crippen molar-refractivity contribution < 1.29 is 4.42 Å². The zero-order valence-electron chi connectivity index (χ0n) is 26.5. The molecule has 0 spiro atoms. The van der Waals surface area contributed by atoms with Gasteiger partial charge in [0.15, 0.2) is 0 Å². The quantitative estimate of drug-likeness (QED) is 0.186. The highest BCUT2D eigenvalue weighted by Gasteiger charge is 2.20. The number of benzene rings is 8. The number of rotatable bonds is 5. The molecule has 8 aromatic carbocycles. The van der Waals surface area contributed by atoms with Gasteiger partial charge in [0, 0.05) is 47.9 Å². The monoisotopic (exact) mass is 643 g/mol. The predicted octanol–water partition coefficient (Wildman–Crippen LogP) is 13.9. The second-order valence-corrected chi connectivity index (χ2v) is 13.6. The van der Waals surface area contributed by atoms with Crippen LogP contribution in [-0.4, -0.2) is 0 Å². The molecule has 0 saturated carbocycles. The maximum atomic E-state index is 6.24. The molecule has 49 heavy (non-hydrogen) atoms. The van der Waals surface area contributed by atoms with Crippen molar-refractivity contribution >= 4 is 81.3 Å². The number of hydrogen-bond acceptors (Lipinski definition) is 3. The van der Waals surface area contributed by atoms with Gasteiger partial charge in [0.05, 0.1) is 5.69 Å². The van der Waals surface area contributed by atoms with Crippen molar-refractivity contribution in [2.45, 2.75) is 0 Å². The van der Waals surface area contributed by atoms with Gasteiger partial charge in [-0.25, -0.2) is 0 Å². The minimum Gasteiger partial charge on any atom is -0.456 e. The zero-order valence-corrected chi connectivity index (χ0v) is 27.3. The van der Waals surface area contributed by atoms with E-state index in [-0.39, 0.29) is 0 Å². The summed E-state index contributed by atoms with van der Waals surface area (Å²) in [4.78, 5) is 2.39. The Morgan fingerprint density at radius 1 is 0.388 bits per heavy atom. The first-order valence-electron chi connectivity index (χ1n) is 16.6. The molecule has 0 aliphatic heterocycles. The van der Waals surface area contributed by atoms with Gasteiger partial charge >= 0.3 is 0 Å². The fraction of sp³-hybridized carbons (Fsp3) is 0. The molecule has 0 unspecified atom stereocenters. The number of anilines is 3. The third kappa shape index (κ3) is 4.62. The summed E-state index contributed by atoms with van der Waals surface area (Å²) in [5.41, 5.74) is 9.87. The average Bonchev–Trinajstić information content (AvgIpc) is 3.73. The third-order valence-electron chi connectivity index (χ3n) is 9.68. The lowest BCUT2D eigenvalue weighted by Crippen LogP contribution is -2.11. The predicted molar refractivity (Wildman–Crippen MR) is 210 cm³/mol. The van der Waals surface area contributed by atoms with Crippen LogP contribution in [0.4, 0.5) is 17.1 Å². The van der Waals surface area contributed by atoms with Crippen LogP contribution in [0.1, 0.15) is 0 Å². The van der Waals surface area contributed by atoms with Crippen LogP contribution in [0, 0.1) is 0 Å². The molecular formula is C46H29NOS. The number of thiophene rings is 1. The zero-order chi connectivity index (χ0) is 32.3. The average molecular weight is 644 g/mol. The first-order chi connectivity index (χ1) is 24.3. The molecular weight excluding hydrogens is 615 g/mol. The highest BCUT2D eigenvalue weighted by Crippen LogP contribution is 2.45. The highest BCUT2D eigenvalue weighted by molar-refractivity contribution is 7.25.